The Morgan fingerprint density at radius 3 is 2.52 bits per heavy atom. The highest BCUT2D eigenvalue weighted by Crippen LogP contribution is 2.30. The molecule has 1 aromatic carbocycles. The Bertz CT molecular complexity index is 851. The third-order valence-electron chi connectivity index (χ3n) is 4.52. The first-order valence-electron chi connectivity index (χ1n) is 7.98. The van der Waals surface area contributed by atoms with Crippen molar-refractivity contribution in [3.63, 3.8) is 0 Å². The topological polar surface area (TPSA) is 80.8 Å². The van der Waals surface area contributed by atoms with E-state index in [2.05, 4.69) is 0 Å². The fraction of sp³-hybridized carbons (Fsp3) is 0.600. The normalized spacial score (nSPS) is 26.4. The summed E-state index contributed by atoms with van der Waals surface area (Å²) in [6.45, 7) is 0.733. The third kappa shape index (κ3) is 4.31. The molecule has 3 rings (SSSR count). The van der Waals surface area contributed by atoms with E-state index in [1.807, 2.05) is 0 Å². The van der Waals surface area contributed by atoms with Crippen LogP contribution in [-0.2, 0) is 24.6 Å². The molecule has 2 atom stereocenters. The van der Waals surface area contributed by atoms with E-state index in [0.717, 1.165) is 12.8 Å². The number of rotatable bonds is 5. The number of halogens is 2. The Balaban J connectivity index is 1.95. The average Bonchev–Trinajstić information content (AvgIpc) is 3.16. The van der Waals surface area contributed by atoms with Gasteiger partial charge in [0.2, 0.25) is 10.0 Å². The van der Waals surface area contributed by atoms with E-state index in [9.17, 15) is 16.8 Å². The standard InChI is InChI=1S/C15H19Cl2NO5S2/c16-14-4-3-13(8-15(14)17)25(21,22)18(9-12-2-1-6-23-12)11-5-7-24(19,20)10-11/h3-4,8,11-12H,1-2,5-7,9-10H2/t11-,12+/m0/s1. The number of sulfone groups is 1. The van der Waals surface area contributed by atoms with Gasteiger partial charge in [-0.3, -0.25) is 0 Å². The number of benzene rings is 1. The zero-order valence-corrected chi connectivity index (χ0v) is 16.5. The van der Waals surface area contributed by atoms with E-state index in [1.165, 1.54) is 22.5 Å². The van der Waals surface area contributed by atoms with Gasteiger partial charge in [-0.15, -0.1) is 0 Å². The minimum absolute atomic E-state index is 0.00339. The van der Waals surface area contributed by atoms with Crippen LogP contribution in [0.15, 0.2) is 23.1 Å². The predicted octanol–water partition coefficient (Wildman–Crippen LogP) is 2.35. The summed E-state index contributed by atoms with van der Waals surface area (Å²) in [6, 6.07) is 3.52. The first-order chi connectivity index (χ1) is 11.7. The van der Waals surface area contributed by atoms with E-state index >= 15 is 0 Å². The van der Waals surface area contributed by atoms with Crippen molar-refractivity contribution in [2.45, 2.75) is 36.3 Å². The number of hydrogen-bond donors (Lipinski definition) is 0. The molecular weight excluding hydrogens is 409 g/mol. The van der Waals surface area contributed by atoms with Crippen LogP contribution in [0.3, 0.4) is 0 Å². The molecule has 0 bridgehead atoms. The molecule has 2 fully saturated rings. The molecule has 140 valence electrons. The van der Waals surface area contributed by atoms with Crippen molar-refractivity contribution in [2.75, 3.05) is 24.7 Å². The molecule has 2 aliphatic heterocycles. The number of sulfonamides is 1. The molecule has 0 aromatic heterocycles. The maximum absolute atomic E-state index is 13.2. The van der Waals surface area contributed by atoms with Crippen molar-refractivity contribution in [1.29, 1.82) is 0 Å². The highest BCUT2D eigenvalue weighted by atomic mass is 35.5. The van der Waals surface area contributed by atoms with Gasteiger partial charge in [-0.05, 0) is 37.5 Å². The molecule has 0 spiro atoms. The molecule has 25 heavy (non-hydrogen) atoms. The number of hydrogen-bond acceptors (Lipinski definition) is 5. The summed E-state index contributed by atoms with van der Waals surface area (Å²) in [4.78, 5) is 0.00388. The second-order valence-corrected chi connectivity index (χ2v) is 11.3. The quantitative estimate of drug-likeness (QED) is 0.719. The van der Waals surface area contributed by atoms with E-state index in [0.29, 0.717) is 6.61 Å². The van der Waals surface area contributed by atoms with Gasteiger partial charge in [-0.2, -0.15) is 4.31 Å². The van der Waals surface area contributed by atoms with Gasteiger partial charge < -0.3 is 4.74 Å². The predicted molar refractivity (Wildman–Crippen MR) is 96.4 cm³/mol. The highest BCUT2D eigenvalue weighted by molar-refractivity contribution is 7.92. The van der Waals surface area contributed by atoms with Gasteiger partial charge in [0.05, 0.1) is 32.6 Å². The smallest absolute Gasteiger partial charge is 0.243 e. The van der Waals surface area contributed by atoms with E-state index < -0.39 is 25.9 Å². The van der Waals surface area contributed by atoms with Gasteiger partial charge in [0.25, 0.3) is 0 Å². The number of ether oxygens (including phenoxy) is 1. The van der Waals surface area contributed by atoms with Crippen molar-refractivity contribution in [2.24, 2.45) is 0 Å². The van der Waals surface area contributed by atoms with Crippen LogP contribution in [0.25, 0.3) is 0 Å². The van der Waals surface area contributed by atoms with Crippen LogP contribution in [0.1, 0.15) is 19.3 Å². The molecule has 2 heterocycles. The lowest BCUT2D eigenvalue weighted by Gasteiger charge is -2.29. The monoisotopic (exact) mass is 427 g/mol. The van der Waals surface area contributed by atoms with Crippen molar-refractivity contribution < 1.29 is 21.6 Å². The van der Waals surface area contributed by atoms with Gasteiger partial charge in [0.15, 0.2) is 9.84 Å². The molecule has 1 aromatic rings. The summed E-state index contributed by atoms with van der Waals surface area (Å²) in [6.07, 6.45) is 1.69. The van der Waals surface area contributed by atoms with Crippen molar-refractivity contribution >= 4 is 43.1 Å². The Kier molecular flexibility index (Phi) is 5.68. The molecule has 0 amide bonds. The lowest BCUT2D eigenvalue weighted by atomic mass is 10.2. The maximum atomic E-state index is 13.2. The summed E-state index contributed by atoms with van der Waals surface area (Å²) in [5.41, 5.74) is 0. The summed E-state index contributed by atoms with van der Waals surface area (Å²) in [5, 5.41) is 0.397. The van der Waals surface area contributed by atoms with E-state index in [4.69, 9.17) is 27.9 Å². The molecule has 0 saturated carbocycles. The van der Waals surface area contributed by atoms with Gasteiger partial charge in [0.1, 0.15) is 0 Å². The lowest BCUT2D eigenvalue weighted by molar-refractivity contribution is 0.0877. The van der Waals surface area contributed by atoms with Crippen LogP contribution < -0.4 is 0 Å². The fourth-order valence-corrected chi connectivity index (χ4v) is 7.11. The first-order valence-corrected chi connectivity index (χ1v) is 12.0. The highest BCUT2D eigenvalue weighted by Gasteiger charge is 2.40. The summed E-state index contributed by atoms with van der Waals surface area (Å²) in [5.74, 6) is -0.170. The van der Waals surface area contributed by atoms with Crippen LogP contribution in [0.5, 0.6) is 0 Å². The average molecular weight is 428 g/mol. The molecule has 0 radical (unpaired) electrons. The summed E-state index contributed by atoms with van der Waals surface area (Å²) in [7, 11) is -7.14. The second-order valence-electron chi connectivity index (χ2n) is 6.34. The van der Waals surface area contributed by atoms with E-state index in [1.54, 1.807) is 0 Å². The largest absolute Gasteiger partial charge is 0.377 e. The van der Waals surface area contributed by atoms with Crippen LogP contribution in [0.2, 0.25) is 10.0 Å². The lowest BCUT2D eigenvalue weighted by Crippen LogP contribution is -2.45. The van der Waals surface area contributed by atoms with Crippen molar-refractivity contribution in [3.05, 3.63) is 28.2 Å². The van der Waals surface area contributed by atoms with Crippen LogP contribution in [0, 0.1) is 0 Å². The molecule has 0 unspecified atom stereocenters. The van der Waals surface area contributed by atoms with E-state index in [-0.39, 0.29) is 45.5 Å². The summed E-state index contributed by atoms with van der Waals surface area (Å²) >= 11 is 11.8. The zero-order valence-electron chi connectivity index (χ0n) is 13.4. The Labute approximate surface area is 158 Å². The molecule has 2 aliphatic rings. The minimum Gasteiger partial charge on any atom is -0.377 e. The van der Waals surface area contributed by atoms with Gasteiger partial charge in [-0.25, -0.2) is 16.8 Å². The number of nitrogens with zero attached hydrogens (tertiary/aromatic N) is 1. The van der Waals surface area contributed by atoms with Crippen LogP contribution in [0.4, 0.5) is 0 Å². The molecule has 0 N–H and O–H groups in total. The second kappa shape index (κ2) is 7.32. The SMILES string of the molecule is O=S1(=O)CC[C@H](N(C[C@H]2CCCO2)S(=O)(=O)c2ccc(Cl)c(Cl)c2)C1. The van der Waals surface area contributed by atoms with Crippen molar-refractivity contribution in [1.82, 2.24) is 4.31 Å². The third-order valence-corrected chi connectivity index (χ3v) is 8.92. The Morgan fingerprint density at radius 2 is 1.96 bits per heavy atom. The first kappa shape index (κ1) is 19.4. The molecular formula is C15H19Cl2NO5S2. The minimum atomic E-state index is -3.92. The molecule has 2 saturated heterocycles. The van der Waals surface area contributed by atoms with Crippen LogP contribution >= 0.6 is 23.2 Å². The van der Waals surface area contributed by atoms with Crippen molar-refractivity contribution in [3.8, 4) is 0 Å². The Hall–Kier alpha value is -0.380. The molecule has 0 aliphatic carbocycles. The molecule has 10 heteroatoms. The van der Waals surface area contributed by atoms with Gasteiger partial charge in [0, 0.05) is 19.2 Å². The molecule has 6 nitrogen and oxygen atoms in total. The zero-order chi connectivity index (χ0) is 18.2. The Morgan fingerprint density at radius 1 is 1.20 bits per heavy atom. The van der Waals surface area contributed by atoms with Gasteiger partial charge >= 0.3 is 0 Å². The fourth-order valence-electron chi connectivity index (χ4n) is 3.21. The summed E-state index contributed by atoms with van der Waals surface area (Å²) < 4.78 is 56.9. The maximum Gasteiger partial charge on any atom is 0.243 e. The van der Waals surface area contributed by atoms with Crippen LogP contribution in [-0.4, -0.2) is 57.9 Å². The van der Waals surface area contributed by atoms with Gasteiger partial charge in [-0.1, -0.05) is 23.2 Å².